The summed E-state index contributed by atoms with van der Waals surface area (Å²) >= 11 is 7.70. The molecule has 30 heavy (non-hydrogen) atoms. The fraction of sp³-hybridized carbons (Fsp3) is 0.0500. The number of aromatic nitrogens is 3. The molecule has 0 amide bonds. The number of halogens is 4. The first-order chi connectivity index (χ1) is 14.4. The van der Waals surface area contributed by atoms with Crippen molar-refractivity contribution in [1.82, 2.24) is 15.0 Å². The number of thiophene rings is 1. The van der Waals surface area contributed by atoms with Gasteiger partial charge in [0.25, 0.3) is 0 Å². The lowest BCUT2D eigenvalue weighted by atomic mass is 10.2. The van der Waals surface area contributed by atoms with Gasteiger partial charge in [-0.15, -0.1) is 0 Å². The Morgan fingerprint density at radius 3 is 2.50 bits per heavy atom. The van der Waals surface area contributed by atoms with Gasteiger partial charge in [0, 0.05) is 16.6 Å². The summed E-state index contributed by atoms with van der Waals surface area (Å²) in [6, 6.07) is 10.5. The van der Waals surface area contributed by atoms with Gasteiger partial charge >= 0.3 is 6.18 Å². The van der Waals surface area contributed by atoms with E-state index in [0.717, 1.165) is 23.4 Å². The number of rotatable bonds is 5. The second-order valence-corrected chi connectivity index (χ2v) is 7.35. The van der Waals surface area contributed by atoms with Crippen molar-refractivity contribution in [3.05, 3.63) is 76.2 Å². The number of hydrogen-bond donors (Lipinski definition) is 2. The molecule has 0 unspecified atom stereocenters. The summed E-state index contributed by atoms with van der Waals surface area (Å²) in [6.07, 6.45) is -1.44. The predicted molar refractivity (Wildman–Crippen MR) is 113 cm³/mol. The minimum absolute atomic E-state index is 0.170. The first-order valence-corrected chi connectivity index (χ1v) is 9.93. The average Bonchev–Trinajstić information content (AvgIpc) is 3.26. The molecule has 0 aliphatic heterocycles. The molecular formula is C20H13ClF3N5S. The maximum Gasteiger partial charge on any atom is 0.416 e. The third kappa shape index (κ3) is 4.69. The third-order valence-electron chi connectivity index (χ3n) is 4.03. The third-order valence-corrected chi connectivity index (χ3v) is 4.99. The molecule has 0 saturated heterocycles. The van der Waals surface area contributed by atoms with Gasteiger partial charge in [0.05, 0.1) is 29.3 Å². The summed E-state index contributed by atoms with van der Waals surface area (Å²) < 4.78 is 38.7. The Morgan fingerprint density at radius 2 is 1.80 bits per heavy atom. The Balaban J connectivity index is 1.52. The quantitative estimate of drug-likeness (QED) is 0.354. The minimum Gasteiger partial charge on any atom is -0.339 e. The zero-order valence-electron chi connectivity index (χ0n) is 15.1. The highest BCUT2D eigenvalue weighted by Gasteiger charge is 2.30. The smallest absolute Gasteiger partial charge is 0.339 e. The Morgan fingerprint density at radius 1 is 0.933 bits per heavy atom. The van der Waals surface area contributed by atoms with Crippen molar-refractivity contribution in [3.63, 3.8) is 0 Å². The van der Waals surface area contributed by atoms with Crippen molar-refractivity contribution in [1.29, 1.82) is 0 Å². The Labute approximate surface area is 178 Å². The van der Waals surface area contributed by atoms with E-state index in [1.54, 1.807) is 17.5 Å². The fourth-order valence-corrected chi connectivity index (χ4v) is 3.39. The molecule has 10 heteroatoms. The summed E-state index contributed by atoms with van der Waals surface area (Å²) in [7, 11) is 0. The molecular weight excluding hydrogens is 435 g/mol. The van der Waals surface area contributed by atoms with Crippen LogP contribution in [0.25, 0.3) is 11.3 Å². The molecule has 3 aromatic heterocycles. The van der Waals surface area contributed by atoms with E-state index in [2.05, 4.69) is 25.6 Å². The molecule has 1 aromatic carbocycles. The molecule has 0 spiro atoms. The van der Waals surface area contributed by atoms with E-state index >= 15 is 0 Å². The number of hydrogen-bond acceptors (Lipinski definition) is 6. The molecule has 0 fully saturated rings. The highest BCUT2D eigenvalue weighted by atomic mass is 35.5. The number of nitrogens with zero attached hydrogens (tertiary/aromatic N) is 3. The second-order valence-electron chi connectivity index (χ2n) is 6.16. The average molecular weight is 448 g/mol. The van der Waals surface area contributed by atoms with Crippen molar-refractivity contribution in [3.8, 4) is 11.3 Å². The summed E-state index contributed by atoms with van der Waals surface area (Å²) in [5.74, 6) is 0.398. The van der Waals surface area contributed by atoms with Gasteiger partial charge in [-0.25, -0.2) is 4.98 Å². The van der Waals surface area contributed by atoms with Crippen molar-refractivity contribution < 1.29 is 13.2 Å². The van der Waals surface area contributed by atoms with E-state index in [4.69, 9.17) is 11.6 Å². The molecule has 0 saturated carbocycles. The summed E-state index contributed by atoms with van der Waals surface area (Å²) in [6.45, 7) is 0. The van der Waals surface area contributed by atoms with Gasteiger partial charge in [-0.1, -0.05) is 17.7 Å². The second kappa shape index (κ2) is 8.29. The topological polar surface area (TPSA) is 62.7 Å². The van der Waals surface area contributed by atoms with Crippen LogP contribution >= 0.6 is 22.9 Å². The van der Waals surface area contributed by atoms with Gasteiger partial charge in [-0.05, 0) is 41.8 Å². The lowest BCUT2D eigenvalue weighted by Crippen LogP contribution is -2.06. The van der Waals surface area contributed by atoms with Gasteiger partial charge in [0.15, 0.2) is 5.82 Å². The van der Waals surface area contributed by atoms with E-state index < -0.39 is 11.7 Å². The highest BCUT2D eigenvalue weighted by molar-refractivity contribution is 7.08. The summed E-state index contributed by atoms with van der Waals surface area (Å²) in [5, 5.41) is 9.96. The Hall–Kier alpha value is -3.17. The molecule has 0 bridgehead atoms. The van der Waals surface area contributed by atoms with Gasteiger partial charge in [-0.3, -0.25) is 4.98 Å². The van der Waals surface area contributed by atoms with E-state index in [1.165, 1.54) is 18.3 Å². The molecule has 3 heterocycles. The normalized spacial score (nSPS) is 11.3. The lowest BCUT2D eigenvalue weighted by Gasteiger charge is -2.12. The minimum atomic E-state index is -4.44. The standard InChI is InChI=1S/C20H13ClF3N5S/c21-16-10-26-19(28-15-4-5-17(25-9-15)12-6-7-30-11-12)29-18(16)27-14-3-1-2-13(8-14)20(22,23)24/h1-11H,(H2,26,27,28,29). The predicted octanol–water partition coefficient (Wildman–Crippen LogP) is 6.76. The number of pyridine rings is 1. The maximum atomic E-state index is 12.9. The molecule has 0 aliphatic carbocycles. The Bertz CT molecular complexity index is 1150. The monoisotopic (exact) mass is 447 g/mol. The van der Waals surface area contributed by atoms with Gasteiger partial charge in [0.2, 0.25) is 5.95 Å². The first kappa shape index (κ1) is 20.1. The number of nitrogens with one attached hydrogen (secondary N) is 2. The van der Waals surface area contributed by atoms with Crippen LogP contribution in [0.5, 0.6) is 0 Å². The molecule has 152 valence electrons. The van der Waals surface area contributed by atoms with E-state index in [9.17, 15) is 13.2 Å². The van der Waals surface area contributed by atoms with Crippen molar-refractivity contribution in [2.75, 3.05) is 10.6 Å². The van der Waals surface area contributed by atoms with Crippen LogP contribution < -0.4 is 10.6 Å². The summed E-state index contributed by atoms with van der Waals surface area (Å²) in [4.78, 5) is 12.8. The molecule has 2 N–H and O–H groups in total. The van der Waals surface area contributed by atoms with Crippen LogP contribution in [-0.4, -0.2) is 15.0 Å². The molecule has 5 nitrogen and oxygen atoms in total. The number of benzene rings is 1. The van der Waals surface area contributed by atoms with E-state index in [1.807, 2.05) is 29.0 Å². The molecule has 0 radical (unpaired) electrons. The van der Waals surface area contributed by atoms with Crippen molar-refractivity contribution in [2.45, 2.75) is 6.18 Å². The molecule has 0 atom stereocenters. The van der Waals surface area contributed by atoms with Crippen LogP contribution in [-0.2, 0) is 6.18 Å². The molecule has 4 aromatic rings. The maximum absolute atomic E-state index is 12.9. The lowest BCUT2D eigenvalue weighted by molar-refractivity contribution is -0.137. The molecule has 4 rings (SSSR count). The largest absolute Gasteiger partial charge is 0.416 e. The van der Waals surface area contributed by atoms with Gasteiger partial charge < -0.3 is 10.6 Å². The molecule has 0 aliphatic rings. The SMILES string of the molecule is FC(F)(F)c1cccc(Nc2nc(Nc3ccc(-c4ccsc4)nc3)ncc2Cl)c1. The highest BCUT2D eigenvalue weighted by Crippen LogP contribution is 2.32. The van der Waals surface area contributed by atoms with Crippen LogP contribution in [0.2, 0.25) is 5.02 Å². The number of alkyl halides is 3. The van der Waals surface area contributed by atoms with Crippen molar-refractivity contribution in [2.24, 2.45) is 0 Å². The van der Waals surface area contributed by atoms with Crippen LogP contribution in [0.4, 0.5) is 36.3 Å². The van der Waals surface area contributed by atoms with Crippen LogP contribution in [0, 0.1) is 0 Å². The van der Waals surface area contributed by atoms with Gasteiger partial charge in [-0.2, -0.15) is 29.5 Å². The number of anilines is 4. The van der Waals surface area contributed by atoms with Crippen LogP contribution in [0.15, 0.2) is 65.6 Å². The zero-order valence-corrected chi connectivity index (χ0v) is 16.7. The van der Waals surface area contributed by atoms with E-state index in [-0.39, 0.29) is 22.5 Å². The van der Waals surface area contributed by atoms with Crippen LogP contribution in [0.3, 0.4) is 0 Å². The fourth-order valence-electron chi connectivity index (χ4n) is 2.60. The summed E-state index contributed by atoms with van der Waals surface area (Å²) in [5.41, 5.74) is 1.96. The van der Waals surface area contributed by atoms with Crippen molar-refractivity contribution >= 4 is 46.1 Å². The van der Waals surface area contributed by atoms with Crippen LogP contribution in [0.1, 0.15) is 5.56 Å². The zero-order chi connectivity index (χ0) is 21.1. The van der Waals surface area contributed by atoms with E-state index in [0.29, 0.717) is 5.69 Å². The Kier molecular flexibility index (Phi) is 5.56. The first-order valence-electron chi connectivity index (χ1n) is 8.61. The van der Waals surface area contributed by atoms with Gasteiger partial charge in [0.1, 0.15) is 5.02 Å².